The average Bonchev–Trinajstić information content (AvgIpc) is 3.05. The Morgan fingerprint density at radius 1 is 1.06 bits per heavy atom. The van der Waals surface area contributed by atoms with Crippen LogP contribution in [-0.4, -0.2) is 61.7 Å². The lowest BCUT2D eigenvalue weighted by Gasteiger charge is -2.35. The molecule has 3 aromatic carbocycles. The smallest absolute Gasteiger partial charge is 0.406 e. The first-order valence-corrected chi connectivity index (χ1v) is 16.7. The number of carbonyl (C=O) groups is 1. The summed E-state index contributed by atoms with van der Waals surface area (Å²) in [7, 11) is -3.82. The number of nitrogens with two attached hydrogens (primary N) is 1. The number of alkyl halides is 3. The van der Waals surface area contributed by atoms with Crippen molar-refractivity contribution >= 4 is 33.2 Å². The van der Waals surface area contributed by atoms with Crippen molar-refractivity contribution in [1.82, 2.24) is 14.6 Å². The maximum absolute atomic E-state index is 15.2. The summed E-state index contributed by atoms with van der Waals surface area (Å²) in [5.41, 5.74) is 7.34. The van der Waals surface area contributed by atoms with Gasteiger partial charge in [0.05, 0.1) is 29.0 Å². The van der Waals surface area contributed by atoms with E-state index in [2.05, 4.69) is 20.4 Å². The Balaban J connectivity index is 1.38. The van der Waals surface area contributed by atoms with Crippen LogP contribution in [0.4, 0.5) is 23.2 Å². The van der Waals surface area contributed by atoms with Gasteiger partial charge in [0, 0.05) is 42.2 Å². The van der Waals surface area contributed by atoms with E-state index in [1.807, 2.05) is 0 Å². The Hall–Kier alpha value is -4.08. The third-order valence-electron chi connectivity index (χ3n) is 7.98. The predicted molar refractivity (Wildman–Crippen MR) is 173 cm³/mol. The SMILES string of the molecule is N[C@H](C(=O)Nc1cncc(F)c1CC[C@H]1CNCCN1S(=O)(=O)c1ccccc1)[C@@H](c1ccc(Cl)cc1)c1cccc(OC(F)(F)F)c1. The molecule has 254 valence electrons. The minimum Gasteiger partial charge on any atom is -0.406 e. The lowest BCUT2D eigenvalue weighted by Crippen LogP contribution is -2.53. The number of nitrogens with zero attached hydrogens (tertiary/aromatic N) is 2. The Labute approximate surface area is 280 Å². The van der Waals surface area contributed by atoms with Gasteiger partial charge in [0.1, 0.15) is 11.6 Å². The van der Waals surface area contributed by atoms with Crippen LogP contribution in [0.1, 0.15) is 29.0 Å². The molecule has 0 unspecified atom stereocenters. The number of aromatic nitrogens is 1. The number of hydrogen-bond acceptors (Lipinski definition) is 7. The number of rotatable bonds is 11. The molecule has 5 rings (SSSR count). The average molecular weight is 706 g/mol. The fraction of sp³-hybridized carbons (Fsp3) is 0.273. The highest BCUT2D eigenvalue weighted by molar-refractivity contribution is 7.89. The van der Waals surface area contributed by atoms with E-state index in [1.54, 1.807) is 42.5 Å². The monoisotopic (exact) mass is 705 g/mol. The molecule has 0 bridgehead atoms. The van der Waals surface area contributed by atoms with Gasteiger partial charge in [-0.2, -0.15) is 4.31 Å². The summed E-state index contributed by atoms with van der Waals surface area (Å²) in [6, 6.07) is 17.6. The third kappa shape index (κ3) is 8.49. The van der Waals surface area contributed by atoms with Crippen molar-refractivity contribution in [2.24, 2.45) is 5.73 Å². The zero-order chi connectivity index (χ0) is 34.5. The van der Waals surface area contributed by atoms with Crippen molar-refractivity contribution in [3.05, 3.63) is 119 Å². The Morgan fingerprint density at radius 3 is 2.50 bits per heavy atom. The molecule has 1 saturated heterocycles. The number of benzene rings is 3. The van der Waals surface area contributed by atoms with Crippen LogP contribution < -0.4 is 21.1 Å². The molecule has 1 aromatic heterocycles. The molecule has 0 aliphatic carbocycles. The second-order valence-electron chi connectivity index (χ2n) is 11.1. The number of amides is 1. The van der Waals surface area contributed by atoms with E-state index in [4.69, 9.17) is 17.3 Å². The van der Waals surface area contributed by atoms with Gasteiger partial charge in [-0.15, -0.1) is 13.2 Å². The number of pyridine rings is 1. The summed E-state index contributed by atoms with van der Waals surface area (Å²) in [5.74, 6) is -2.94. The first kappa shape index (κ1) is 35.2. The fourth-order valence-electron chi connectivity index (χ4n) is 5.72. The Kier molecular flexibility index (Phi) is 11.0. The number of sulfonamides is 1. The minimum absolute atomic E-state index is 0.0284. The van der Waals surface area contributed by atoms with Crippen LogP contribution in [0.3, 0.4) is 0 Å². The largest absolute Gasteiger partial charge is 0.573 e. The number of piperazine rings is 1. The van der Waals surface area contributed by atoms with Crippen molar-refractivity contribution in [2.45, 2.75) is 42.1 Å². The summed E-state index contributed by atoms with van der Waals surface area (Å²) in [6.45, 7) is 1.01. The van der Waals surface area contributed by atoms with E-state index in [9.17, 15) is 26.4 Å². The molecule has 3 atom stereocenters. The lowest BCUT2D eigenvalue weighted by atomic mass is 9.85. The van der Waals surface area contributed by atoms with E-state index in [0.29, 0.717) is 23.7 Å². The molecule has 4 aromatic rings. The van der Waals surface area contributed by atoms with Crippen LogP contribution in [-0.2, 0) is 21.2 Å². The van der Waals surface area contributed by atoms with Gasteiger partial charge >= 0.3 is 6.36 Å². The van der Waals surface area contributed by atoms with Gasteiger partial charge in [-0.1, -0.05) is 54.1 Å². The molecule has 4 N–H and O–H groups in total. The molecule has 15 heteroatoms. The summed E-state index contributed by atoms with van der Waals surface area (Å²) in [6.07, 6.45) is -2.43. The highest BCUT2D eigenvalue weighted by Crippen LogP contribution is 2.33. The molecular formula is C33H32ClF4N5O4S. The van der Waals surface area contributed by atoms with Crippen LogP contribution in [0.2, 0.25) is 5.02 Å². The van der Waals surface area contributed by atoms with Crippen LogP contribution >= 0.6 is 11.6 Å². The molecule has 0 spiro atoms. The Bertz CT molecular complexity index is 1830. The zero-order valence-electron chi connectivity index (χ0n) is 25.3. The summed E-state index contributed by atoms with van der Waals surface area (Å²) in [4.78, 5) is 17.7. The number of carbonyl (C=O) groups excluding carboxylic acids is 1. The van der Waals surface area contributed by atoms with E-state index in [-0.39, 0.29) is 41.1 Å². The lowest BCUT2D eigenvalue weighted by molar-refractivity contribution is -0.274. The van der Waals surface area contributed by atoms with E-state index in [0.717, 1.165) is 18.3 Å². The number of anilines is 1. The topological polar surface area (TPSA) is 127 Å². The zero-order valence-corrected chi connectivity index (χ0v) is 26.9. The quantitative estimate of drug-likeness (QED) is 0.177. The molecule has 0 saturated carbocycles. The molecule has 0 radical (unpaired) electrons. The predicted octanol–water partition coefficient (Wildman–Crippen LogP) is 5.47. The molecular weight excluding hydrogens is 674 g/mol. The van der Waals surface area contributed by atoms with Gasteiger partial charge in [-0.25, -0.2) is 12.8 Å². The van der Waals surface area contributed by atoms with Crippen molar-refractivity contribution in [3.8, 4) is 5.75 Å². The van der Waals surface area contributed by atoms with Gasteiger partial charge in [-0.3, -0.25) is 9.78 Å². The molecule has 1 aliphatic heterocycles. The highest BCUT2D eigenvalue weighted by Gasteiger charge is 2.35. The van der Waals surface area contributed by atoms with Crippen molar-refractivity contribution in [1.29, 1.82) is 0 Å². The number of nitrogens with one attached hydrogen (secondary N) is 2. The van der Waals surface area contributed by atoms with E-state index in [1.165, 1.54) is 34.8 Å². The van der Waals surface area contributed by atoms with Crippen LogP contribution in [0.5, 0.6) is 5.75 Å². The summed E-state index contributed by atoms with van der Waals surface area (Å²) < 4.78 is 86.6. The molecule has 1 amide bonds. The van der Waals surface area contributed by atoms with Crippen LogP contribution in [0.25, 0.3) is 0 Å². The van der Waals surface area contributed by atoms with Gasteiger partial charge in [0.25, 0.3) is 0 Å². The molecule has 2 heterocycles. The maximum Gasteiger partial charge on any atom is 0.573 e. The summed E-state index contributed by atoms with van der Waals surface area (Å²) >= 11 is 6.05. The molecule has 9 nitrogen and oxygen atoms in total. The maximum atomic E-state index is 15.2. The number of hydrogen-bond donors (Lipinski definition) is 3. The normalized spacial score (nSPS) is 17.0. The molecule has 48 heavy (non-hydrogen) atoms. The third-order valence-corrected chi connectivity index (χ3v) is 10.2. The second kappa shape index (κ2) is 15.0. The van der Waals surface area contributed by atoms with Gasteiger partial charge < -0.3 is 21.1 Å². The number of ether oxygens (including phenoxy) is 1. The molecule has 1 aliphatic rings. The first-order valence-electron chi connectivity index (χ1n) is 14.9. The van der Waals surface area contributed by atoms with Gasteiger partial charge in [0.2, 0.25) is 15.9 Å². The van der Waals surface area contributed by atoms with Crippen molar-refractivity contribution < 1.29 is 35.5 Å². The van der Waals surface area contributed by atoms with Crippen molar-refractivity contribution in [3.63, 3.8) is 0 Å². The van der Waals surface area contributed by atoms with Crippen molar-refractivity contribution in [2.75, 3.05) is 25.0 Å². The Morgan fingerprint density at radius 2 is 1.79 bits per heavy atom. The van der Waals surface area contributed by atoms with Crippen LogP contribution in [0.15, 0.2) is 96.2 Å². The molecule has 1 fully saturated rings. The second-order valence-corrected chi connectivity index (χ2v) is 13.5. The standard InChI is InChI=1S/C33H32ClF4N5O4S/c34-23-11-9-21(10-12-23)30(22-5-4-6-25(17-22)47-33(36,37)38)31(39)32(44)42-29-20-41-19-28(35)27(29)14-13-24-18-40-15-16-43(24)48(45,46)26-7-2-1-3-8-26/h1-12,17,19-20,24,30-31,40H,13-16,18,39H2,(H,42,44)/t24-,30-,31-/m0/s1. The fourth-order valence-corrected chi connectivity index (χ4v) is 7.52. The van der Waals surface area contributed by atoms with E-state index < -0.39 is 51.9 Å². The highest BCUT2D eigenvalue weighted by atomic mass is 35.5. The van der Waals surface area contributed by atoms with Crippen LogP contribution in [0, 0.1) is 5.82 Å². The first-order chi connectivity index (χ1) is 22.8. The van der Waals surface area contributed by atoms with Gasteiger partial charge in [-0.05, 0) is 60.4 Å². The van der Waals surface area contributed by atoms with E-state index >= 15 is 4.39 Å². The summed E-state index contributed by atoms with van der Waals surface area (Å²) in [5, 5.41) is 6.22. The number of halogens is 5. The van der Waals surface area contributed by atoms with Gasteiger partial charge in [0.15, 0.2) is 0 Å². The minimum atomic E-state index is -4.94.